The summed E-state index contributed by atoms with van der Waals surface area (Å²) in [5, 5.41) is 3.31. The lowest BCUT2D eigenvalue weighted by atomic mass is 9.95. The van der Waals surface area contributed by atoms with Gasteiger partial charge < -0.3 is 4.98 Å². The highest BCUT2D eigenvalue weighted by Gasteiger charge is 2.31. The number of fused-ring (bicyclic) bond motifs is 2. The Kier molecular flexibility index (Phi) is 4.55. The summed E-state index contributed by atoms with van der Waals surface area (Å²) < 4.78 is 1.31. The molecule has 2 N–H and O–H groups in total. The Hall–Kier alpha value is -3.19. The molecule has 30 heavy (non-hydrogen) atoms. The number of hydrogen-bond donors (Lipinski definition) is 2. The van der Waals surface area contributed by atoms with Crippen LogP contribution in [0.25, 0.3) is 21.8 Å². The van der Waals surface area contributed by atoms with Crippen molar-refractivity contribution in [3.63, 3.8) is 0 Å². The Morgan fingerprint density at radius 3 is 2.63 bits per heavy atom. The van der Waals surface area contributed by atoms with E-state index in [1.165, 1.54) is 4.68 Å². The lowest BCUT2D eigenvalue weighted by molar-refractivity contribution is 0.340. The van der Waals surface area contributed by atoms with Gasteiger partial charge in [-0.25, -0.2) is 4.68 Å². The van der Waals surface area contributed by atoms with Gasteiger partial charge in [0.25, 0.3) is 11.1 Å². The molecule has 3 heterocycles. The van der Waals surface area contributed by atoms with E-state index in [2.05, 4.69) is 15.1 Å². The van der Waals surface area contributed by atoms with E-state index >= 15 is 0 Å². The van der Waals surface area contributed by atoms with Crippen molar-refractivity contribution in [1.29, 1.82) is 0 Å². The van der Waals surface area contributed by atoms with E-state index in [0.717, 1.165) is 25.7 Å². The first-order valence-corrected chi connectivity index (χ1v) is 10.3. The second-order valence-electron chi connectivity index (χ2n) is 7.75. The minimum atomic E-state index is -0.525. The highest BCUT2D eigenvalue weighted by molar-refractivity contribution is 6.31. The van der Waals surface area contributed by atoms with E-state index in [4.69, 9.17) is 11.6 Å². The minimum absolute atomic E-state index is 0.0396. The van der Waals surface area contributed by atoms with E-state index in [1.54, 1.807) is 24.4 Å². The highest BCUT2D eigenvalue weighted by Crippen LogP contribution is 2.36. The van der Waals surface area contributed by atoms with Gasteiger partial charge in [-0.1, -0.05) is 30.5 Å². The van der Waals surface area contributed by atoms with Gasteiger partial charge in [-0.15, -0.1) is 0 Å². The van der Waals surface area contributed by atoms with E-state index in [0.29, 0.717) is 21.6 Å². The predicted octanol–water partition coefficient (Wildman–Crippen LogP) is 3.36. The summed E-state index contributed by atoms with van der Waals surface area (Å²) in [6, 6.07) is 9.81. The van der Waals surface area contributed by atoms with Crippen LogP contribution in [0, 0.1) is 5.92 Å². The predicted molar refractivity (Wildman–Crippen MR) is 116 cm³/mol. The summed E-state index contributed by atoms with van der Waals surface area (Å²) >= 11 is 6.02. The number of aromatic amines is 2. The Labute approximate surface area is 175 Å². The molecule has 152 valence electrons. The molecule has 0 bridgehead atoms. The molecule has 7 nitrogen and oxygen atoms in total. The van der Waals surface area contributed by atoms with Gasteiger partial charge in [-0.05, 0) is 49.1 Å². The topological polar surface area (TPSA) is 101 Å². The maximum absolute atomic E-state index is 13.5. The lowest BCUT2D eigenvalue weighted by Gasteiger charge is -2.25. The second-order valence-corrected chi connectivity index (χ2v) is 8.19. The van der Waals surface area contributed by atoms with Gasteiger partial charge in [0, 0.05) is 16.6 Å². The van der Waals surface area contributed by atoms with Crippen molar-refractivity contribution in [3.05, 3.63) is 84.2 Å². The molecule has 8 heteroatoms. The van der Waals surface area contributed by atoms with Crippen molar-refractivity contribution in [3.8, 4) is 0 Å². The molecule has 1 saturated carbocycles. The smallest absolute Gasteiger partial charge is 0.287 e. The van der Waals surface area contributed by atoms with Crippen molar-refractivity contribution >= 4 is 33.4 Å². The summed E-state index contributed by atoms with van der Waals surface area (Å²) in [4.78, 5) is 47.0. The summed E-state index contributed by atoms with van der Waals surface area (Å²) in [7, 11) is 0. The van der Waals surface area contributed by atoms with Crippen LogP contribution in [-0.4, -0.2) is 19.7 Å². The molecular formula is C22H19ClN4O3. The van der Waals surface area contributed by atoms with Crippen LogP contribution < -0.4 is 16.5 Å². The lowest BCUT2D eigenvalue weighted by Crippen LogP contribution is -2.38. The number of H-pyrrole nitrogens is 2. The molecule has 1 unspecified atom stereocenters. The van der Waals surface area contributed by atoms with Crippen LogP contribution in [0.4, 0.5) is 0 Å². The molecule has 1 aliphatic carbocycles. The number of benzene rings is 1. The third-order valence-electron chi connectivity index (χ3n) is 5.96. The zero-order chi connectivity index (χ0) is 20.8. The van der Waals surface area contributed by atoms with Gasteiger partial charge in [-0.3, -0.25) is 24.5 Å². The Balaban J connectivity index is 1.84. The number of pyridine rings is 2. The third-order valence-corrected chi connectivity index (χ3v) is 6.20. The SMILES string of the molecule is O=c1[nH]n(C(c2ccccn2)C2CCCC2)c(=O)c2c(=O)c3ccc(Cl)cc3[nH]c12. The van der Waals surface area contributed by atoms with E-state index < -0.39 is 22.6 Å². The van der Waals surface area contributed by atoms with E-state index in [9.17, 15) is 14.4 Å². The molecule has 0 saturated heterocycles. The average Bonchev–Trinajstić information content (AvgIpc) is 3.26. The fourth-order valence-corrected chi connectivity index (χ4v) is 4.75. The Bertz CT molecular complexity index is 1430. The molecular weight excluding hydrogens is 404 g/mol. The summed E-state index contributed by atoms with van der Waals surface area (Å²) in [5.74, 6) is 0.157. The van der Waals surface area contributed by atoms with Crippen molar-refractivity contribution in [1.82, 2.24) is 19.7 Å². The number of halogens is 1. The van der Waals surface area contributed by atoms with Gasteiger partial charge in [0.05, 0.1) is 17.3 Å². The molecule has 0 radical (unpaired) electrons. The number of nitrogens with one attached hydrogen (secondary N) is 2. The van der Waals surface area contributed by atoms with Gasteiger partial charge in [0.1, 0.15) is 10.9 Å². The Morgan fingerprint density at radius 2 is 1.90 bits per heavy atom. The van der Waals surface area contributed by atoms with Crippen LogP contribution in [0.15, 0.2) is 57.0 Å². The Morgan fingerprint density at radius 1 is 1.10 bits per heavy atom. The fourth-order valence-electron chi connectivity index (χ4n) is 4.58. The minimum Gasteiger partial charge on any atom is -0.350 e. The normalized spacial score (nSPS) is 15.8. The first-order valence-electron chi connectivity index (χ1n) is 9.95. The fraction of sp³-hybridized carbons (Fsp3) is 0.273. The summed E-state index contributed by atoms with van der Waals surface area (Å²) in [6.45, 7) is 0. The standard InChI is InChI=1S/C22H19ClN4O3/c23-13-8-9-14-16(11-13)25-18-17(20(14)28)22(30)27(26-21(18)29)19(12-5-1-2-6-12)15-7-3-4-10-24-15/h3-4,7-12,19H,1-2,5-6H2,(H,25,28)(H,26,29). The molecule has 5 rings (SSSR count). The zero-order valence-corrected chi connectivity index (χ0v) is 16.8. The van der Waals surface area contributed by atoms with Crippen LogP contribution >= 0.6 is 11.6 Å². The monoisotopic (exact) mass is 422 g/mol. The van der Waals surface area contributed by atoms with Crippen molar-refractivity contribution in [2.45, 2.75) is 31.7 Å². The molecule has 4 aromatic rings. The molecule has 3 aromatic heterocycles. The van der Waals surface area contributed by atoms with Crippen molar-refractivity contribution in [2.24, 2.45) is 5.92 Å². The summed E-state index contributed by atoms with van der Waals surface area (Å²) in [5.41, 5.74) is -0.452. The van der Waals surface area contributed by atoms with Crippen molar-refractivity contribution in [2.75, 3.05) is 0 Å². The molecule has 0 amide bonds. The number of hydrogen-bond acceptors (Lipinski definition) is 4. The quantitative estimate of drug-likeness (QED) is 0.494. The van der Waals surface area contributed by atoms with Crippen LogP contribution in [0.5, 0.6) is 0 Å². The molecule has 1 fully saturated rings. The number of nitrogens with zero attached hydrogens (tertiary/aromatic N) is 2. The molecule has 0 aliphatic heterocycles. The van der Waals surface area contributed by atoms with Gasteiger partial charge in [-0.2, -0.15) is 0 Å². The number of aromatic nitrogens is 4. The zero-order valence-electron chi connectivity index (χ0n) is 16.0. The van der Waals surface area contributed by atoms with Gasteiger partial charge in [0.15, 0.2) is 0 Å². The van der Waals surface area contributed by atoms with Crippen LogP contribution in [0.2, 0.25) is 5.02 Å². The second kappa shape index (κ2) is 7.25. The van der Waals surface area contributed by atoms with Crippen LogP contribution in [0.3, 0.4) is 0 Å². The maximum Gasteiger partial charge on any atom is 0.287 e. The average molecular weight is 423 g/mol. The van der Waals surface area contributed by atoms with E-state index in [-0.39, 0.29) is 16.8 Å². The third kappa shape index (κ3) is 2.97. The molecule has 0 spiro atoms. The van der Waals surface area contributed by atoms with E-state index in [1.807, 2.05) is 18.2 Å². The van der Waals surface area contributed by atoms with Gasteiger partial charge in [0.2, 0.25) is 5.43 Å². The van der Waals surface area contributed by atoms with Crippen LogP contribution in [-0.2, 0) is 0 Å². The summed E-state index contributed by atoms with van der Waals surface area (Å²) in [6.07, 6.45) is 5.66. The highest BCUT2D eigenvalue weighted by atomic mass is 35.5. The number of rotatable bonds is 3. The van der Waals surface area contributed by atoms with Crippen molar-refractivity contribution < 1.29 is 0 Å². The van der Waals surface area contributed by atoms with Gasteiger partial charge >= 0.3 is 0 Å². The first kappa shape index (κ1) is 18.8. The molecule has 1 aromatic carbocycles. The molecule has 1 aliphatic rings. The molecule has 1 atom stereocenters. The maximum atomic E-state index is 13.5. The largest absolute Gasteiger partial charge is 0.350 e. The van der Waals surface area contributed by atoms with Crippen LogP contribution in [0.1, 0.15) is 37.4 Å². The first-order chi connectivity index (χ1) is 14.5.